The van der Waals surface area contributed by atoms with Gasteiger partial charge in [-0.05, 0) is 11.8 Å². The molecule has 0 aromatic carbocycles. The van der Waals surface area contributed by atoms with Crippen LogP contribution < -0.4 is 0 Å². The number of nitrogens with zero attached hydrogens (tertiary/aromatic N) is 2. The van der Waals surface area contributed by atoms with Gasteiger partial charge in [0.05, 0.1) is 18.9 Å². The molecule has 20 heavy (non-hydrogen) atoms. The normalized spacial score (nSPS) is 19.2. The zero-order chi connectivity index (χ0) is 15.4. The van der Waals surface area contributed by atoms with E-state index in [1.54, 1.807) is 12.0 Å². The van der Waals surface area contributed by atoms with E-state index in [1.807, 2.05) is 20.8 Å². The fraction of sp³-hybridized carbons (Fsp3) is 0.923. The molecule has 0 bridgehead atoms. The fourth-order valence-electron chi connectivity index (χ4n) is 2.21. The van der Waals surface area contributed by atoms with E-state index in [0.717, 1.165) is 0 Å². The van der Waals surface area contributed by atoms with Gasteiger partial charge in [-0.15, -0.1) is 0 Å². The van der Waals surface area contributed by atoms with Crippen molar-refractivity contribution in [2.24, 2.45) is 5.41 Å². The van der Waals surface area contributed by atoms with Crippen LogP contribution in [-0.4, -0.2) is 69.2 Å². The predicted octanol–water partition coefficient (Wildman–Crippen LogP) is 0.543. The average molecular weight is 306 g/mol. The van der Waals surface area contributed by atoms with Crippen LogP contribution in [0.3, 0.4) is 0 Å². The SMILES string of the molecule is COCCN1CCCN(S(=O)(=O)CC(C)(C)C)CC1=O. The molecule has 1 rings (SSSR count). The van der Waals surface area contributed by atoms with Gasteiger partial charge < -0.3 is 9.64 Å². The largest absolute Gasteiger partial charge is 0.383 e. The lowest BCUT2D eigenvalue weighted by atomic mass is 10.0. The highest BCUT2D eigenvalue weighted by Crippen LogP contribution is 2.20. The molecule has 1 aliphatic heterocycles. The molecule has 0 radical (unpaired) electrons. The molecule has 1 aliphatic rings. The van der Waals surface area contributed by atoms with Crippen LogP contribution in [-0.2, 0) is 19.6 Å². The van der Waals surface area contributed by atoms with Gasteiger partial charge in [0.2, 0.25) is 15.9 Å². The van der Waals surface area contributed by atoms with Crippen molar-refractivity contribution >= 4 is 15.9 Å². The Kier molecular flexibility index (Phi) is 5.97. The van der Waals surface area contributed by atoms with Gasteiger partial charge in [-0.1, -0.05) is 20.8 Å². The van der Waals surface area contributed by atoms with Crippen LogP contribution in [0, 0.1) is 5.41 Å². The summed E-state index contributed by atoms with van der Waals surface area (Å²) in [4.78, 5) is 13.8. The summed E-state index contributed by atoms with van der Waals surface area (Å²) in [5.41, 5.74) is -0.316. The molecule has 118 valence electrons. The molecule has 0 saturated carbocycles. The molecule has 0 spiro atoms. The second-order valence-corrected chi connectivity index (χ2v) is 8.35. The van der Waals surface area contributed by atoms with E-state index >= 15 is 0 Å². The summed E-state index contributed by atoms with van der Waals surface area (Å²) >= 11 is 0. The van der Waals surface area contributed by atoms with E-state index in [4.69, 9.17) is 4.74 Å². The van der Waals surface area contributed by atoms with Gasteiger partial charge in [0, 0.05) is 26.7 Å². The molecule has 0 aromatic heterocycles. The molecule has 1 heterocycles. The van der Waals surface area contributed by atoms with Crippen molar-refractivity contribution in [2.45, 2.75) is 27.2 Å². The Morgan fingerprint density at radius 3 is 2.45 bits per heavy atom. The maximum Gasteiger partial charge on any atom is 0.237 e. The summed E-state index contributed by atoms with van der Waals surface area (Å²) in [5.74, 6) is -0.0808. The third-order valence-corrected chi connectivity index (χ3v) is 5.40. The molecular formula is C13H26N2O4S. The van der Waals surface area contributed by atoms with Gasteiger partial charge in [0.1, 0.15) is 0 Å². The highest BCUT2D eigenvalue weighted by atomic mass is 32.2. The van der Waals surface area contributed by atoms with Crippen LogP contribution in [0.5, 0.6) is 0 Å². The molecule has 1 fully saturated rings. The van der Waals surface area contributed by atoms with Crippen LogP contribution in [0.25, 0.3) is 0 Å². The van der Waals surface area contributed by atoms with E-state index in [1.165, 1.54) is 4.31 Å². The Labute approximate surface area is 122 Å². The predicted molar refractivity (Wildman–Crippen MR) is 77.9 cm³/mol. The van der Waals surface area contributed by atoms with Gasteiger partial charge in [-0.2, -0.15) is 4.31 Å². The van der Waals surface area contributed by atoms with Crippen molar-refractivity contribution in [3.05, 3.63) is 0 Å². The Balaban J connectivity index is 2.73. The first kappa shape index (κ1) is 17.4. The summed E-state index contributed by atoms with van der Waals surface area (Å²) < 4.78 is 31.0. The molecule has 0 atom stereocenters. The standard InChI is InChI=1S/C13H26N2O4S/c1-13(2,3)11-20(17,18)15-7-5-6-14(8-9-19-4)12(16)10-15/h5-11H2,1-4H3. The molecular weight excluding hydrogens is 280 g/mol. The summed E-state index contributed by atoms with van der Waals surface area (Å²) in [7, 11) is -1.80. The molecule has 0 aliphatic carbocycles. The average Bonchev–Trinajstić information content (AvgIpc) is 2.46. The zero-order valence-electron chi connectivity index (χ0n) is 12.9. The van der Waals surface area contributed by atoms with E-state index < -0.39 is 10.0 Å². The minimum absolute atomic E-state index is 0.0534. The van der Waals surface area contributed by atoms with Crippen molar-refractivity contribution in [1.82, 2.24) is 9.21 Å². The van der Waals surface area contributed by atoms with Crippen molar-refractivity contribution in [1.29, 1.82) is 0 Å². The quantitative estimate of drug-likeness (QED) is 0.744. The summed E-state index contributed by atoms with van der Waals surface area (Å²) in [6, 6.07) is 0. The van der Waals surface area contributed by atoms with E-state index in [-0.39, 0.29) is 23.6 Å². The molecule has 0 N–H and O–H groups in total. The maximum absolute atomic E-state index is 12.4. The number of sulfonamides is 1. The molecule has 6 nitrogen and oxygen atoms in total. The Bertz CT molecular complexity index is 428. The van der Waals surface area contributed by atoms with Crippen LogP contribution in [0.15, 0.2) is 0 Å². The van der Waals surface area contributed by atoms with E-state index in [2.05, 4.69) is 0 Å². The van der Waals surface area contributed by atoms with Crippen molar-refractivity contribution in [3.63, 3.8) is 0 Å². The second-order valence-electron chi connectivity index (χ2n) is 6.38. The van der Waals surface area contributed by atoms with E-state index in [0.29, 0.717) is 32.7 Å². The highest BCUT2D eigenvalue weighted by molar-refractivity contribution is 7.89. The maximum atomic E-state index is 12.4. The minimum Gasteiger partial charge on any atom is -0.383 e. The molecule has 1 saturated heterocycles. The summed E-state index contributed by atoms with van der Waals surface area (Å²) in [6.45, 7) is 7.59. The van der Waals surface area contributed by atoms with Crippen LogP contribution in [0.1, 0.15) is 27.2 Å². The zero-order valence-corrected chi connectivity index (χ0v) is 13.7. The lowest BCUT2D eigenvalue weighted by Crippen LogP contribution is -2.42. The third kappa shape index (κ3) is 5.38. The number of hydrogen-bond donors (Lipinski definition) is 0. The highest BCUT2D eigenvalue weighted by Gasteiger charge is 2.32. The van der Waals surface area contributed by atoms with Crippen LogP contribution in [0.2, 0.25) is 0 Å². The number of ether oxygens (including phenoxy) is 1. The first-order valence-corrected chi connectivity index (χ1v) is 8.51. The summed E-state index contributed by atoms with van der Waals surface area (Å²) in [6.07, 6.45) is 0.666. The van der Waals surface area contributed by atoms with Crippen molar-refractivity contribution < 1.29 is 17.9 Å². The Morgan fingerprint density at radius 1 is 1.25 bits per heavy atom. The molecule has 0 unspecified atom stereocenters. The molecule has 0 aromatic rings. The number of carbonyl (C=O) groups excluding carboxylic acids is 1. The van der Waals surface area contributed by atoms with Gasteiger partial charge in [-0.25, -0.2) is 8.42 Å². The number of carbonyl (C=O) groups is 1. The minimum atomic E-state index is -3.39. The van der Waals surface area contributed by atoms with Gasteiger partial charge in [0.15, 0.2) is 0 Å². The van der Waals surface area contributed by atoms with Crippen LogP contribution in [0.4, 0.5) is 0 Å². The monoisotopic (exact) mass is 306 g/mol. The summed E-state index contributed by atoms with van der Waals surface area (Å²) in [5, 5.41) is 0. The van der Waals surface area contributed by atoms with Crippen LogP contribution >= 0.6 is 0 Å². The first-order valence-electron chi connectivity index (χ1n) is 6.90. The smallest absolute Gasteiger partial charge is 0.237 e. The Morgan fingerprint density at radius 2 is 1.90 bits per heavy atom. The number of rotatable bonds is 5. The molecule has 7 heteroatoms. The number of hydrogen-bond acceptors (Lipinski definition) is 4. The first-order chi connectivity index (χ1) is 9.15. The van der Waals surface area contributed by atoms with Gasteiger partial charge >= 0.3 is 0 Å². The van der Waals surface area contributed by atoms with Crippen molar-refractivity contribution in [2.75, 3.05) is 45.6 Å². The number of methoxy groups -OCH3 is 1. The number of amides is 1. The lowest BCUT2D eigenvalue weighted by Gasteiger charge is -2.25. The molecule has 1 amide bonds. The Hall–Kier alpha value is -0.660. The second kappa shape index (κ2) is 6.87. The fourth-order valence-corrected chi connectivity index (χ4v) is 4.20. The lowest BCUT2D eigenvalue weighted by molar-refractivity contribution is -0.131. The topological polar surface area (TPSA) is 66.9 Å². The third-order valence-electron chi connectivity index (χ3n) is 3.07. The van der Waals surface area contributed by atoms with E-state index in [9.17, 15) is 13.2 Å². The van der Waals surface area contributed by atoms with Crippen molar-refractivity contribution in [3.8, 4) is 0 Å². The van der Waals surface area contributed by atoms with Gasteiger partial charge in [-0.3, -0.25) is 4.79 Å². The van der Waals surface area contributed by atoms with Gasteiger partial charge in [0.25, 0.3) is 0 Å².